The number of fused-ring (bicyclic) bond motifs is 1. The Morgan fingerprint density at radius 2 is 1.73 bits per heavy atom. The van der Waals surface area contributed by atoms with E-state index in [4.69, 9.17) is 9.98 Å². The first-order chi connectivity index (χ1) is 17.9. The van der Waals surface area contributed by atoms with Crippen molar-refractivity contribution in [1.82, 2.24) is 14.9 Å². The van der Waals surface area contributed by atoms with Gasteiger partial charge in [0.2, 0.25) is 0 Å². The summed E-state index contributed by atoms with van der Waals surface area (Å²) in [4.78, 5) is 16.6. The van der Waals surface area contributed by atoms with Gasteiger partial charge in [-0.1, -0.05) is 24.3 Å². The van der Waals surface area contributed by atoms with E-state index in [-0.39, 0.29) is 29.9 Å². The summed E-state index contributed by atoms with van der Waals surface area (Å²) in [6.45, 7) is 8.59. The lowest BCUT2D eigenvalue weighted by atomic mass is 9.74. The lowest BCUT2D eigenvalue weighted by Gasteiger charge is -2.45. The molecule has 4 nitrogen and oxygen atoms in total. The second kappa shape index (κ2) is 10.6. The van der Waals surface area contributed by atoms with E-state index in [9.17, 15) is 4.39 Å². The van der Waals surface area contributed by atoms with Gasteiger partial charge in [-0.2, -0.15) is 0 Å². The normalized spacial score (nSPS) is 20.3. The van der Waals surface area contributed by atoms with Crippen LogP contribution in [0, 0.1) is 5.82 Å². The topological polar surface area (TPSA) is 41.4 Å². The number of nitrogens with zero attached hydrogens (tertiary/aromatic N) is 4. The van der Waals surface area contributed by atoms with Crippen LogP contribution in [0.5, 0.6) is 0 Å². The van der Waals surface area contributed by atoms with E-state index >= 15 is 0 Å². The van der Waals surface area contributed by atoms with Crippen LogP contribution in [-0.4, -0.2) is 32.7 Å². The highest BCUT2D eigenvalue weighted by molar-refractivity contribution is 6.07. The molecular weight excluding hydrogens is 459 g/mol. The third kappa shape index (κ3) is 5.31. The minimum absolute atomic E-state index is 0.0566. The molecule has 3 heterocycles. The van der Waals surface area contributed by atoms with Gasteiger partial charge in [-0.3, -0.25) is 15.0 Å². The van der Waals surface area contributed by atoms with Gasteiger partial charge in [-0.25, -0.2) is 4.39 Å². The molecule has 0 spiro atoms. The third-order valence-electron chi connectivity index (χ3n) is 6.86. The molecule has 1 aliphatic heterocycles. The zero-order valence-electron chi connectivity index (χ0n) is 21.8. The number of hydrogen-bond donors (Lipinski definition) is 0. The first kappa shape index (κ1) is 24.8. The van der Waals surface area contributed by atoms with Crippen molar-refractivity contribution in [3.63, 3.8) is 0 Å². The molecule has 5 heteroatoms. The quantitative estimate of drug-likeness (QED) is 0.373. The van der Waals surface area contributed by atoms with E-state index in [0.29, 0.717) is 6.42 Å². The van der Waals surface area contributed by atoms with Crippen molar-refractivity contribution < 1.29 is 4.39 Å². The molecule has 188 valence electrons. The summed E-state index contributed by atoms with van der Waals surface area (Å²) >= 11 is 0. The zero-order valence-corrected chi connectivity index (χ0v) is 21.8. The molecule has 0 saturated heterocycles. The van der Waals surface area contributed by atoms with Crippen LogP contribution in [0.2, 0.25) is 0 Å². The van der Waals surface area contributed by atoms with Gasteiger partial charge in [0.15, 0.2) is 0 Å². The lowest BCUT2D eigenvalue weighted by molar-refractivity contribution is 0.198. The molecule has 0 unspecified atom stereocenters. The standard InChI is InChI=1S/C32H33FN4/c1-21(2)36-27-13-11-23-20-37(22(3)4)32(31(29(23)19-27)30-10-6-8-16-35-30)28-14-12-25(33)17-24(28)18-26-9-5-7-15-34-26/h5-17,19-22,31-32H,18H2,1-4H3/t31-,32-/m0/s1. The van der Waals surface area contributed by atoms with Gasteiger partial charge in [0.25, 0.3) is 0 Å². The average molecular weight is 493 g/mol. The van der Waals surface area contributed by atoms with Crippen LogP contribution in [0.25, 0.3) is 0 Å². The molecule has 37 heavy (non-hydrogen) atoms. The summed E-state index contributed by atoms with van der Waals surface area (Å²) in [6.07, 6.45) is 12.9. The fraction of sp³-hybridized carbons (Fsp3) is 0.281. The molecule has 5 rings (SSSR count). The number of aromatic nitrogens is 2. The van der Waals surface area contributed by atoms with Crippen LogP contribution in [0.4, 0.5) is 4.39 Å². The summed E-state index contributed by atoms with van der Waals surface area (Å²) in [5.41, 5.74) is 7.25. The molecule has 0 N–H and O–H groups in total. The van der Waals surface area contributed by atoms with Crippen LogP contribution >= 0.6 is 0 Å². The largest absolute Gasteiger partial charge is 0.366 e. The highest BCUT2D eigenvalue weighted by atomic mass is 19.1. The lowest BCUT2D eigenvalue weighted by Crippen LogP contribution is -2.39. The molecule has 0 bridgehead atoms. The first-order valence-electron chi connectivity index (χ1n) is 13.0. The van der Waals surface area contributed by atoms with Crippen molar-refractivity contribution >= 4 is 5.71 Å². The minimum Gasteiger partial charge on any atom is -0.366 e. The maximum Gasteiger partial charge on any atom is 0.123 e. The zero-order chi connectivity index (χ0) is 25.9. The average Bonchev–Trinajstić information content (AvgIpc) is 2.88. The maximum absolute atomic E-state index is 14.6. The van der Waals surface area contributed by atoms with Crippen molar-refractivity contribution in [2.75, 3.05) is 0 Å². The summed E-state index contributed by atoms with van der Waals surface area (Å²) < 4.78 is 14.6. The fourth-order valence-electron chi connectivity index (χ4n) is 5.32. The highest BCUT2D eigenvalue weighted by Crippen LogP contribution is 2.49. The van der Waals surface area contributed by atoms with E-state index in [1.54, 1.807) is 18.3 Å². The number of halogens is 1. The minimum atomic E-state index is -0.238. The van der Waals surface area contributed by atoms with Crippen molar-refractivity contribution in [1.29, 1.82) is 0 Å². The second-order valence-corrected chi connectivity index (χ2v) is 10.2. The van der Waals surface area contributed by atoms with E-state index < -0.39 is 0 Å². The Bertz CT molecular complexity index is 1370. The van der Waals surface area contributed by atoms with Gasteiger partial charge < -0.3 is 4.90 Å². The smallest absolute Gasteiger partial charge is 0.123 e. The molecule has 0 amide bonds. The molecule has 0 fully saturated rings. The predicted octanol–water partition coefficient (Wildman–Crippen LogP) is 6.98. The fourth-order valence-corrected chi connectivity index (χ4v) is 5.32. The van der Waals surface area contributed by atoms with Gasteiger partial charge in [0.1, 0.15) is 5.82 Å². The molecule has 0 saturated carbocycles. The van der Waals surface area contributed by atoms with Crippen LogP contribution in [-0.2, 0) is 6.42 Å². The Hall–Kier alpha value is -3.86. The molecule has 2 aromatic heterocycles. The van der Waals surface area contributed by atoms with Gasteiger partial charge in [-0.05, 0) is 98.5 Å². The van der Waals surface area contributed by atoms with E-state index in [1.807, 2.05) is 42.6 Å². The predicted molar refractivity (Wildman–Crippen MR) is 148 cm³/mol. The second-order valence-electron chi connectivity index (χ2n) is 10.2. The molecule has 0 radical (unpaired) electrons. The van der Waals surface area contributed by atoms with E-state index in [2.05, 4.69) is 68.1 Å². The van der Waals surface area contributed by atoms with Gasteiger partial charge in [0, 0.05) is 42.8 Å². The number of hydrogen-bond acceptors (Lipinski definition) is 4. The Labute approximate surface area is 219 Å². The number of aliphatic imine (C=N–C) groups is 1. The summed E-state index contributed by atoms with van der Waals surface area (Å²) in [6, 6.07) is 17.5. The van der Waals surface area contributed by atoms with Crippen LogP contribution in [0.15, 0.2) is 108 Å². The molecule has 3 aromatic rings. The Kier molecular flexibility index (Phi) is 7.13. The summed E-state index contributed by atoms with van der Waals surface area (Å²) in [5.74, 6) is -0.294. The Balaban J connectivity index is 1.72. The van der Waals surface area contributed by atoms with Gasteiger partial charge in [-0.15, -0.1) is 0 Å². The molecule has 2 aliphatic rings. The van der Waals surface area contributed by atoms with Crippen molar-refractivity contribution in [2.45, 2.75) is 58.2 Å². The third-order valence-corrected chi connectivity index (χ3v) is 6.86. The van der Waals surface area contributed by atoms with Crippen LogP contribution in [0.3, 0.4) is 0 Å². The number of allylic oxidation sites excluding steroid dienone is 4. The van der Waals surface area contributed by atoms with Crippen LogP contribution < -0.4 is 0 Å². The number of pyridine rings is 2. The summed E-state index contributed by atoms with van der Waals surface area (Å²) in [5, 5.41) is 0. The number of benzene rings is 1. The SMILES string of the molecule is CC(C)N=C1C=CC2=CN(C(C)C)[C@@H](c3ccc(F)cc3Cc3ccccn3)[C@H](c3ccccn3)C2=C1. The van der Waals surface area contributed by atoms with Gasteiger partial charge in [0.05, 0.1) is 23.4 Å². The van der Waals surface area contributed by atoms with E-state index in [0.717, 1.165) is 33.8 Å². The monoisotopic (exact) mass is 492 g/mol. The number of rotatable bonds is 6. The summed E-state index contributed by atoms with van der Waals surface area (Å²) in [7, 11) is 0. The Morgan fingerprint density at radius 3 is 2.41 bits per heavy atom. The van der Waals surface area contributed by atoms with E-state index in [1.165, 1.54) is 5.57 Å². The molecule has 1 aliphatic carbocycles. The van der Waals surface area contributed by atoms with Gasteiger partial charge >= 0.3 is 0 Å². The van der Waals surface area contributed by atoms with Crippen molar-refractivity contribution in [3.8, 4) is 0 Å². The van der Waals surface area contributed by atoms with Crippen molar-refractivity contribution in [3.05, 3.63) is 131 Å². The Morgan fingerprint density at radius 1 is 0.946 bits per heavy atom. The maximum atomic E-state index is 14.6. The first-order valence-corrected chi connectivity index (χ1v) is 13.0. The highest BCUT2D eigenvalue weighted by Gasteiger charge is 2.40. The molecule has 2 atom stereocenters. The van der Waals surface area contributed by atoms with Crippen molar-refractivity contribution in [2.24, 2.45) is 4.99 Å². The molecular formula is C32H33FN4. The van der Waals surface area contributed by atoms with Crippen LogP contribution in [0.1, 0.15) is 62.2 Å². The molecule has 1 aromatic carbocycles.